The van der Waals surface area contributed by atoms with Crippen LogP contribution in [0.15, 0.2) is 18.2 Å². The summed E-state index contributed by atoms with van der Waals surface area (Å²) < 4.78 is 5.89. The van der Waals surface area contributed by atoms with Crippen molar-refractivity contribution in [3.63, 3.8) is 0 Å². The number of nitrogens with one attached hydrogen (secondary N) is 1. The molecule has 1 N–H and O–H groups in total. The molecule has 128 valence electrons. The SMILES string of the molecule is CNC[C@H]1CCN(C(=O)[C@H](C)Oc2ccc(C(C)C)c(C)c2)C1. The van der Waals surface area contributed by atoms with E-state index in [4.69, 9.17) is 4.74 Å². The monoisotopic (exact) mass is 318 g/mol. The first-order chi connectivity index (χ1) is 10.9. The third kappa shape index (κ3) is 4.47. The normalized spacial score (nSPS) is 19.2. The molecule has 0 spiro atoms. The zero-order valence-corrected chi connectivity index (χ0v) is 15.1. The molecule has 1 fully saturated rings. The molecule has 0 aliphatic carbocycles. The van der Waals surface area contributed by atoms with Gasteiger partial charge in [-0.15, -0.1) is 0 Å². The van der Waals surface area contributed by atoms with Crippen molar-refractivity contribution >= 4 is 5.91 Å². The van der Waals surface area contributed by atoms with Gasteiger partial charge < -0.3 is 15.0 Å². The lowest BCUT2D eigenvalue weighted by atomic mass is 9.98. The molecule has 0 saturated carbocycles. The van der Waals surface area contributed by atoms with Gasteiger partial charge in [0.05, 0.1) is 0 Å². The van der Waals surface area contributed by atoms with E-state index in [1.54, 1.807) is 0 Å². The molecule has 1 aliphatic rings. The van der Waals surface area contributed by atoms with Gasteiger partial charge in [0.25, 0.3) is 5.91 Å². The summed E-state index contributed by atoms with van der Waals surface area (Å²) in [7, 11) is 1.96. The average Bonchev–Trinajstić information content (AvgIpc) is 2.95. The molecule has 2 rings (SSSR count). The van der Waals surface area contributed by atoms with E-state index in [1.807, 2.05) is 31.0 Å². The Morgan fingerprint density at radius 1 is 1.39 bits per heavy atom. The van der Waals surface area contributed by atoms with E-state index in [0.29, 0.717) is 11.8 Å². The Balaban J connectivity index is 1.95. The highest BCUT2D eigenvalue weighted by Crippen LogP contribution is 2.25. The quantitative estimate of drug-likeness (QED) is 0.877. The minimum absolute atomic E-state index is 0.0918. The molecule has 4 heteroatoms. The molecule has 0 unspecified atom stereocenters. The molecule has 23 heavy (non-hydrogen) atoms. The standard InChI is InChI=1S/C19H30N2O2/c1-13(2)18-7-6-17(10-14(18)3)23-15(4)19(22)21-9-8-16(12-21)11-20-5/h6-7,10,13,15-16,20H,8-9,11-12H2,1-5H3/t15-,16+/m0/s1. The molecule has 0 aromatic heterocycles. The Morgan fingerprint density at radius 3 is 2.74 bits per heavy atom. The summed E-state index contributed by atoms with van der Waals surface area (Å²) in [5, 5.41) is 3.19. The lowest BCUT2D eigenvalue weighted by Gasteiger charge is -2.22. The zero-order chi connectivity index (χ0) is 17.0. The Labute approximate surface area is 140 Å². The number of carbonyl (C=O) groups is 1. The number of ether oxygens (including phenoxy) is 1. The summed E-state index contributed by atoms with van der Waals surface area (Å²) in [5.74, 6) is 1.92. The smallest absolute Gasteiger partial charge is 0.263 e. The Kier molecular flexibility index (Phi) is 6.05. The summed E-state index contributed by atoms with van der Waals surface area (Å²) >= 11 is 0. The fraction of sp³-hybridized carbons (Fsp3) is 0.632. The molecular formula is C19H30N2O2. The van der Waals surface area contributed by atoms with E-state index in [0.717, 1.165) is 31.8 Å². The van der Waals surface area contributed by atoms with Crippen LogP contribution in [0.5, 0.6) is 5.75 Å². The largest absolute Gasteiger partial charge is 0.481 e. The van der Waals surface area contributed by atoms with Gasteiger partial charge in [0.1, 0.15) is 5.75 Å². The van der Waals surface area contributed by atoms with Gasteiger partial charge in [0.2, 0.25) is 0 Å². The van der Waals surface area contributed by atoms with Crippen molar-refractivity contribution in [2.24, 2.45) is 5.92 Å². The fourth-order valence-corrected chi connectivity index (χ4v) is 3.37. The second-order valence-corrected chi connectivity index (χ2v) is 6.93. The van der Waals surface area contributed by atoms with Crippen LogP contribution in [0, 0.1) is 12.8 Å². The van der Waals surface area contributed by atoms with Gasteiger partial charge in [-0.1, -0.05) is 19.9 Å². The van der Waals surface area contributed by atoms with Crippen LogP contribution in [0.1, 0.15) is 44.2 Å². The summed E-state index contributed by atoms with van der Waals surface area (Å²) in [4.78, 5) is 14.5. The van der Waals surface area contributed by atoms with E-state index < -0.39 is 6.10 Å². The number of nitrogens with zero attached hydrogens (tertiary/aromatic N) is 1. The number of benzene rings is 1. The molecule has 1 heterocycles. The van der Waals surface area contributed by atoms with Crippen LogP contribution in [0.2, 0.25) is 0 Å². The maximum atomic E-state index is 12.5. The van der Waals surface area contributed by atoms with Crippen LogP contribution in [0.4, 0.5) is 0 Å². The number of rotatable bonds is 6. The number of hydrogen-bond donors (Lipinski definition) is 1. The van der Waals surface area contributed by atoms with Crippen LogP contribution < -0.4 is 10.1 Å². The summed E-state index contributed by atoms with van der Waals surface area (Å²) in [5.41, 5.74) is 2.54. The molecule has 0 bridgehead atoms. The minimum atomic E-state index is -0.437. The topological polar surface area (TPSA) is 41.6 Å². The van der Waals surface area contributed by atoms with Crippen LogP contribution in [-0.4, -0.2) is 43.6 Å². The predicted octanol–water partition coefficient (Wildman–Crippen LogP) is 2.95. The molecule has 1 amide bonds. The molecule has 1 aromatic rings. The minimum Gasteiger partial charge on any atom is -0.481 e. The third-order valence-corrected chi connectivity index (χ3v) is 4.61. The summed E-state index contributed by atoms with van der Waals surface area (Å²) in [6.45, 7) is 10.9. The molecule has 1 aromatic carbocycles. The van der Waals surface area contributed by atoms with Gasteiger partial charge in [-0.05, 0) is 69.0 Å². The number of hydrogen-bond acceptors (Lipinski definition) is 3. The molecule has 1 aliphatic heterocycles. The average molecular weight is 318 g/mol. The van der Waals surface area contributed by atoms with E-state index in [2.05, 4.69) is 32.2 Å². The van der Waals surface area contributed by atoms with Crippen molar-refractivity contribution in [3.05, 3.63) is 29.3 Å². The lowest BCUT2D eigenvalue weighted by Crippen LogP contribution is -2.39. The van der Waals surface area contributed by atoms with Crippen LogP contribution >= 0.6 is 0 Å². The first-order valence-electron chi connectivity index (χ1n) is 8.63. The highest BCUT2D eigenvalue weighted by molar-refractivity contribution is 5.81. The van der Waals surface area contributed by atoms with Crippen molar-refractivity contribution < 1.29 is 9.53 Å². The van der Waals surface area contributed by atoms with Gasteiger partial charge in [-0.2, -0.15) is 0 Å². The molecule has 4 nitrogen and oxygen atoms in total. The van der Waals surface area contributed by atoms with Gasteiger partial charge in [0, 0.05) is 13.1 Å². The van der Waals surface area contributed by atoms with Crippen molar-refractivity contribution in [1.29, 1.82) is 0 Å². The zero-order valence-electron chi connectivity index (χ0n) is 15.1. The van der Waals surface area contributed by atoms with Crippen LogP contribution in [-0.2, 0) is 4.79 Å². The Hall–Kier alpha value is -1.55. The second kappa shape index (κ2) is 7.82. The third-order valence-electron chi connectivity index (χ3n) is 4.61. The Morgan fingerprint density at radius 2 is 2.13 bits per heavy atom. The van der Waals surface area contributed by atoms with E-state index in [1.165, 1.54) is 11.1 Å². The van der Waals surface area contributed by atoms with Gasteiger partial charge in [0.15, 0.2) is 6.10 Å². The predicted molar refractivity (Wildman–Crippen MR) is 94.0 cm³/mol. The molecular weight excluding hydrogens is 288 g/mol. The maximum absolute atomic E-state index is 12.5. The number of amides is 1. The molecule has 0 radical (unpaired) electrons. The number of likely N-dealkylation sites (tertiary alicyclic amines) is 1. The summed E-state index contributed by atoms with van der Waals surface area (Å²) in [6, 6.07) is 6.11. The first kappa shape index (κ1) is 17.8. The fourth-order valence-electron chi connectivity index (χ4n) is 3.37. The van der Waals surface area contributed by atoms with Crippen molar-refractivity contribution in [3.8, 4) is 5.75 Å². The number of carbonyl (C=O) groups excluding carboxylic acids is 1. The van der Waals surface area contributed by atoms with Crippen molar-refractivity contribution in [2.75, 3.05) is 26.7 Å². The van der Waals surface area contributed by atoms with Gasteiger partial charge in [-0.3, -0.25) is 4.79 Å². The van der Waals surface area contributed by atoms with E-state index in [-0.39, 0.29) is 5.91 Å². The second-order valence-electron chi connectivity index (χ2n) is 6.93. The summed E-state index contributed by atoms with van der Waals surface area (Å²) in [6.07, 6.45) is 0.634. The van der Waals surface area contributed by atoms with Gasteiger partial charge in [-0.25, -0.2) is 0 Å². The van der Waals surface area contributed by atoms with E-state index >= 15 is 0 Å². The highest BCUT2D eigenvalue weighted by atomic mass is 16.5. The number of aryl methyl sites for hydroxylation is 1. The van der Waals surface area contributed by atoms with Crippen LogP contribution in [0.25, 0.3) is 0 Å². The van der Waals surface area contributed by atoms with E-state index in [9.17, 15) is 4.79 Å². The van der Waals surface area contributed by atoms with Crippen molar-refractivity contribution in [1.82, 2.24) is 10.2 Å². The van der Waals surface area contributed by atoms with Crippen LogP contribution in [0.3, 0.4) is 0 Å². The molecule has 2 atom stereocenters. The molecule has 1 saturated heterocycles. The lowest BCUT2D eigenvalue weighted by molar-refractivity contribution is -0.137. The first-order valence-corrected chi connectivity index (χ1v) is 8.63. The maximum Gasteiger partial charge on any atom is 0.263 e. The highest BCUT2D eigenvalue weighted by Gasteiger charge is 2.29. The van der Waals surface area contributed by atoms with Crippen molar-refractivity contribution in [2.45, 2.75) is 46.1 Å². The van der Waals surface area contributed by atoms with Gasteiger partial charge >= 0.3 is 0 Å². The Bertz CT molecular complexity index is 542.